The minimum atomic E-state index is 0.427. The maximum absolute atomic E-state index is 8.97. The van der Waals surface area contributed by atoms with Crippen LogP contribution in [0.2, 0.25) is 0 Å². The van der Waals surface area contributed by atoms with Crippen molar-refractivity contribution >= 4 is 0 Å². The van der Waals surface area contributed by atoms with Gasteiger partial charge in [-0.05, 0) is 43.0 Å². The summed E-state index contributed by atoms with van der Waals surface area (Å²) in [4.78, 5) is 2.52. The quantitative estimate of drug-likeness (QED) is 0.772. The Bertz CT molecular complexity index is 456. The summed E-state index contributed by atoms with van der Waals surface area (Å²) in [6, 6.07) is 9.23. The van der Waals surface area contributed by atoms with E-state index in [4.69, 9.17) is 5.26 Å². The van der Waals surface area contributed by atoms with Gasteiger partial charge in [-0.15, -0.1) is 0 Å². The molecule has 2 nitrogen and oxygen atoms in total. The van der Waals surface area contributed by atoms with Gasteiger partial charge in [-0.25, -0.2) is 0 Å². The van der Waals surface area contributed by atoms with Crippen molar-refractivity contribution < 1.29 is 0 Å². The van der Waals surface area contributed by atoms with E-state index in [0.29, 0.717) is 18.0 Å². The molecule has 1 aromatic rings. The SMILES string of the molecule is CC(C)CN1C(C)c2ccc(C#N)cc2C1C. The number of fused-ring (bicyclic) bond motifs is 1. The van der Waals surface area contributed by atoms with Crippen LogP contribution in [0.15, 0.2) is 18.2 Å². The molecule has 2 heteroatoms. The third-order valence-electron chi connectivity index (χ3n) is 3.69. The number of benzene rings is 1. The molecule has 0 aromatic heterocycles. The van der Waals surface area contributed by atoms with Crippen LogP contribution in [0.4, 0.5) is 0 Å². The minimum Gasteiger partial charge on any atom is -0.290 e. The third kappa shape index (κ3) is 2.08. The van der Waals surface area contributed by atoms with Crippen molar-refractivity contribution in [2.75, 3.05) is 6.54 Å². The molecule has 0 saturated heterocycles. The van der Waals surface area contributed by atoms with Gasteiger partial charge in [-0.1, -0.05) is 19.9 Å². The second-order valence-corrected chi connectivity index (χ2v) is 5.40. The zero-order chi connectivity index (χ0) is 12.6. The van der Waals surface area contributed by atoms with Crippen LogP contribution in [0.25, 0.3) is 0 Å². The van der Waals surface area contributed by atoms with Crippen molar-refractivity contribution in [3.63, 3.8) is 0 Å². The first-order chi connectivity index (χ1) is 8.04. The Morgan fingerprint density at radius 3 is 2.47 bits per heavy atom. The predicted molar refractivity (Wildman–Crippen MR) is 69.5 cm³/mol. The molecule has 17 heavy (non-hydrogen) atoms. The lowest BCUT2D eigenvalue weighted by atomic mass is 10.0. The largest absolute Gasteiger partial charge is 0.290 e. The lowest BCUT2D eigenvalue weighted by Gasteiger charge is -2.28. The zero-order valence-electron chi connectivity index (χ0n) is 11.1. The molecule has 0 aliphatic carbocycles. The minimum absolute atomic E-state index is 0.427. The summed E-state index contributed by atoms with van der Waals surface area (Å²) in [7, 11) is 0. The number of nitriles is 1. The van der Waals surface area contributed by atoms with Crippen molar-refractivity contribution in [3.8, 4) is 6.07 Å². The Morgan fingerprint density at radius 1 is 1.24 bits per heavy atom. The van der Waals surface area contributed by atoms with E-state index in [1.54, 1.807) is 0 Å². The van der Waals surface area contributed by atoms with E-state index in [0.717, 1.165) is 12.1 Å². The van der Waals surface area contributed by atoms with Crippen LogP contribution in [0.5, 0.6) is 0 Å². The summed E-state index contributed by atoms with van der Waals surface area (Å²) in [5, 5.41) is 8.97. The number of hydrogen-bond acceptors (Lipinski definition) is 2. The molecule has 1 heterocycles. The van der Waals surface area contributed by atoms with Gasteiger partial charge in [0.1, 0.15) is 0 Å². The fourth-order valence-corrected chi connectivity index (χ4v) is 2.82. The van der Waals surface area contributed by atoms with Gasteiger partial charge in [-0.3, -0.25) is 4.90 Å². The van der Waals surface area contributed by atoms with Crippen LogP contribution in [0.3, 0.4) is 0 Å². The number of rotatable bonds is 2. The molecule has 0 amide bonds. The van der Waals surface area contributed by atoms with Gasteiger partial charge < -0.3 is 0 Å². The van der Waals surface area contributed by atoms with E-state index in [1.165, 1.54) is 11.1 Å². The molecular formula is C15H20N2. The molecule has 2 rings (SSSR count). The zero-order valence-corrected chi connectivity index (χ0v) is 11.1. The van der Waals surface area contributed by atoms with Crippen LogP contribution in [-0.2, 0) is 0 Å². The Labute approximate surface area is 104 Å². The van der Waals surface area contributed by atoms with Gasteiger partial charge in [0.05, 0.1) is 11.6 Å². The first-order valence-corrected chi connectivity index (χ1v) is 6.34. The Balaban J connectivity index is 2.35. The van der Waals surface area contributed by atoms with Crippen LogP contribution in [-0.4, -0.2) is 11.4 Å². The summed E-state index contributed by atoms with van der Waals surface area (Å²) in [6.45, 7) is 10.1. The highest BCUT2D eigenvalue weighted by molar-refractivity contribution is 5.43. The lowest BCUT2D eigenvalue weighted by molar-refractivity contribution is 0.162. The highest BCUT2D eigenvalue weighted by Crippen LogP contribution is 2.42. The van der Waals surface area contributed by atoms with Crippen molar-refractivity contribution in [2.24, 2.45) is 5.92 Å². The third-order valence-corrected chi connectivity index (χ3v) is 3.69. The lowest BCUT2D eigenvalue weighted by Crippen LogP contribution is -2.27. The predicted octanol–water partition coefficient (Wildman–Crippen LogP) is 3.65. The van der Waals surface area contributed by atoms with E-state index >= 15 is 0 Å². The summed E-state index contributed by atoms with van der Waals surface area (Å²) in [6.07, 6.45) is 0. The first kappa shape index (κ1) is 12.1. The number of nitrogens with zero attached hydrogens (tertiary/aromatic N) is 2. The van der Waals surface area contributed by atoms with Crippen LogP contribution in [0.1, 0.15) is 56.5 Å². The van der Waals surface area contributed by atoms with E-state index < -0.39 is 0 Å². The molecular weight excluding hydrogens is 208 g/mol. The van der Waals surface area contributed by atoms with E-state index in [9.17, 15) is 0 Å². The maximum Gasteiger partial charge on any atom is 0.0991 e. The fraction of sp³-hybridized carbons (Fsp3) is 0.533. The summed E-state index contributed by atoms with van der Waals surface area (Å²) >= 11 is 0. The molecule has 1 aliphatic heterocycles. The second kappa shape index (κ2) is 4.50. The molecule has 0 saturated carbocycles. The molecule has 0 fully saturated rings. The normalized spacial score (nSPS) is 23.8. The van der Waals surface area contributed by atoms with Gasteiger partial charge in [0.25, 0.3) is 0 Å². The van der Waals surface area contributed by atoms with Crippen molar-refractivity contribution in [2.45, 2.75) is 39.8 Å². The fourth-order valence-electron chi connectivity index (χ4n) is 2.82. The molecule has 0 spiro atoms. The summed E-state index contributed by atoms with van der Waals surface area (Å²) in [5.74, 6) is 0.671. The van der Waals surface area contributed by atoms with Gasteiger partial charge in [0.15, 0.2) is 0 Å². The summed E-state index contributed by atoms with van der Waals surface area (Å²) in [5.41, 5.74) is 3.49. The second-order valence-electron chi connectivity index (χ2n) is 5.40. The maximum atomic E-state index is 8.97. The molecule has 0 bridgehead atoms. The summed E-state index contributed by atoms with van der Waals surface area (Å²) < 4.78 is 0. The highest BCUT2D eigenvalue weighted by Gasteiger charge is 2.33. The average molecular weight is 228 g/mol. The van der Waals surface area contributed by atoms with Gasteiger partial charge >= 0.3 is 0 Å². The molecule has 0 N–H and O–H groups in total. The van der Waals surface area contributed by atoms with Crippen LogP contribution < -0.4 is 0 Å². The Morgan fingerprint density at radius 2 is 1.88 bits per heavy atom. The smallest absolute Gasteiger partial charge is 0.0991 e. The van der Waals surface area contributed by atoms with E-state index in [2.05, 4.69) is 50.8 Å². The monoisotopic (exact) mass is 228 g/mol. The van der Waals surface area contributed by atoms with Crippen LogP contribution in [0, 0.1) is 17.2 Å². The van der Waals surface area contributed by atoms with Crippen LogP contribution >= 0.6 is 0 Å². The average Bonchev–Trinajstić information content (AvgIpc) is 2.53. The van der Waals surface area contributed by atoms with Gasteiger partial charge in [0.2, 0.25) is 0 Å². The van der Waals surface area contributed by atoms with E-state index in [1.807, 2.05) is 6.07 Å². The molecule has 90 valence electrons. The Hall–Kier alpha value is -1.33. The highest BCUT2D eigenvalue weighted by atomic mass is 15.2. The molecule has 1 aromatic carbocycles. The standard InChI is InChI=1S/C15H20N2/c1-10(2)9-17-11(3)14-6-5-13(8-16)7-15(14)12(17)4/h5-7,10-12H,9H2,1-4H3. The van der Waals surface area contributed by atoms with Crippen molar-refractivity contribution in [1.29, 1.82) is 5.26 Å². The van der Waals surface area contributed by atoms with Gasteiger partial charge in [0, 0.05) is 18.6 Å². The van der Waals surface area contributed by atoms with Gasteiger partial charge in [-0.2, -0.15) is 5.26 Å². The Kier molecular flexibility index (Phi) is 3.22. The molecule has 0 radical (unpaired) electrons. The topological polar surface area (TPSA) is 27.0 Å². The van der Waals surface area contributed by atoms with Crippen molar-refractivity contribution in [3.05, 3.63) is 34.9 Å². The number of hydrogen-bond donors (Lipinski definition) is 0. The molecule has 2 unspecified atom stereocenters. The van der Waals surface area contributed by atoms with Crippen molar-refractivity contribution in [1.82, 2.24) is 4.90 Å². The molecule has 2 atom stereocenters. The van der Waals surface area contributed by atoms with E-state index in [-0.39, 0.29) is 0 Å². The first-order valence-electron chi connectivity index (χ1n) is 6.34. The molecule has 1 aliphatic rings.